The summed E-state index contributed by atoms with van der Waals surface area (Å²) in [7, 11) is 0. The van der Waals surface area contributed by atoms with Gasteiger partial charge in [0.15, 0.2) is 0 Å². The molecular formula is C20H26N2O4. The summed E-state index contributed by atoms with van der Waals surface area (Å²) in [4.78, 5) is 20.8. The molecule has 6 heteroatoms. The van der Waals surface area contributed by atoms with Crippen molar-refractivity contribution in [1.29, 1.82) is 0 Å². The topological polar surface area (TPSA) is 127 Å². The zero-order chi connectivity index (χ0) is 19.4. The molecule has 2 rings (SSSR count). The second-order valence-electron chi connectivity index (χ2n) is 5.94. The lowest BCUT2D eigenvalue weighted by atomic mass is 10.1. The van der Waals surface area contributed by atoms with Crippen LogP contribution in [0, 0.1) is 0 Å². The normalized spacial score (nSPS) is 12.4. The third-order valence-corrected chi connectivity index (χ3v) is 3.81. The molecule has 0 amide bonds. The molecule has 6 nitrogen and oxygen atoms in total. The Hall–Kier alpha value is -2.70. The van der Waals surface area contributed by atoms with Gasteiger partial charge in [0.05, 0.1) is 0 Å². The molecule has 1 unspecified atom stereocenters. The van der Waals surface area contributed by atoms with Crippen LogP contribution in [-0.2, 0) is 22.4 Å². The van der Waals surface area contributed by atoms with E-state index in [1.54, 1.807) is 0 Å². The van der Waals surface area contributed by atoms with Crippen LogP contribution < -0.4 is 11.5 Å². The fraction of sp³-hybridized carbons (Fsp3) is 0.300. The summed E-state index contributed by atoms with van der Waals surface area (Å²) in [6, 6.07) is 18.0. The van der Waals surface area contributed by atoms with E-state index in [1.165, 1.54) is 0 Å². The first kappa shape index (κ1) is 21.3. The number of nitrogens with two attached hydrogens (primary N) is 2. The first-order chi connectivity index (χ1) is 12.4. The number of benzene rings is 2. The number of aliphatic carboxylic acids is 2. The van der Waals surface area contributed by atoms with Crippen molar-refractivity contribution >= 4 is 11.9 Å². The minimum Gasteiger partial charge on any atom is -0.480 e. The molecule has 0 heterocycles. The predicted molar refractivity (Wildman–Crippen MR) is 101 cm³/mol. The summed E-state index contributed by atoms with van der Waals surface area (Å²) < 4.78 is 0. The van der Waals surface area contributed by atoms with Crippen molar-refractivity contribution in [3.63, 3.8) is 0 Å². The summed E-state index contributed by atoms with van der Waals surface area (Å²) >= 11 is 0. The third kappa shape index (κ3) is 8.96. The highest BCUT2D eigenvalue weighted by molar-refractivity contribution is 5.73. The molecule has 140 valence electrons. The Labute approximate surface area is 153 Å². The molecule has 2 aromatic rings. The minimum absolute atomic E-state index is 0.485. The lowest BCUT2D eigenvalue weighted by molar-refractivity contribution is -0.139. The van der Waals surface area contributed by atoms with Gasteiger partial charge in [0, 0.05) is 0 Å². The number of rotatable bonds is 8. The second-order valence-corrected chi connectivity index (χ2v) is 5.94. The molecule has 0 spiro atoms. The van der Waals surface area contributed by atoms with Crippen LogP contribution in [0.1, 0.15) is 24.0 Å². The van der Waals surface area contributed by atoms with Gasteiger partial charge >= 0.3 is 11.9 Å². The Balaban J connectivity index is 0.000000260. The molecule has 0 saturated heterocycles. The van der Waals surface area contributed by atoms with Gasteiger partial charge in [-0.15, -0.1) is 0 Å². The van der Waals surface area contributed by atoms with Crippen LogP contribution >= 0.6 is 0 Å². The lowest BCUT2D eigenvalue weighted by Crippen LogP contribution is -2.30. The van der Waals surface area contributed by atoms with Gasteiger partial charge in [0.1, 0.15) is 12.1 Å². The SMILES string of the molecule is NC(CCc1ccccc1)C(=O)O.N[C@@H](CCc1ccccc1)C(=O)O. The van der Waals surface area contributed by atoms with E-state index in [2.05, 4.69) is 0 Å². The summed E-state index contributed by atoms with van der Waals surface area (Å²) in [5, 5.41) is 17.1. The minimum atomic E-state index is -0.934. The zero-order valence-electron chi connectivity index (χ0n) is 14.6. The maximum absolute atomic E-state index is 10.4. The Bertz CT molecular complexity index is 603. The summed E-state index contributed by atoms with van der Waals surface area (Å²) in [6.45, 7) is 0. The fourth-order valence-corrected chi connectivity index (χ4v) is 2.18. The van der Waals surface area contributed by atoms with Crippen molar-refractivity contribution < 1.29 is 19.8 Å². The number of hydrogen-bond donors (Lipinski definition) is 4. The standard InChI is InChI=1S/2C10H13NO2/c2*11-9(10(12)13)7-6-8-4-2-1-3-5-8/h2*1-5,9H,6-7,11H2,(H,12,13)/t9-;/m0./s1. The summed E-state index contributed by atoms with van der Waals surface area (Å²) in [5.74, 6) is -1.87. The third-order valence-electron chi connectivity index (χ3n) is 3.81. The van der Waals surface area contributed by atoms with E-state index in [0.29, 0.717) is 25.7 Å². The van der Waals surface area contributed by atoms with Crippen LogP contribution in [0.4, 0.5) is 0 Å². The molecule has 2 aromatic carbocycles. The van der Waals surface area contributed by atoms with Crippen LogP contribution in [-0.4, -0.2) is 34.2 Å². The highest BCUT2D eigenvalue weighted by atomic mass is 16.4. The van der Waals surface area contributed by atoms with Crippen molar-refractivity contribution in [3.8, 4) is 0 Å². The van der Waals surface area contributed by atoms with Crippen LogP contribution in [0.25, 0.3) is 0 Å². The van der Waals surface area contributed by atoms with Crippen molar-refractivity contribution in [1.82, 2.24) is 0 Å². The highest BCUT2D eigenvalue weighted by Gasteiger charge is 2.11. The average molecular weight is 358 g/mol. The van der Waals surface area contributed by atoms with E-state index in [4.69, 9.17) is 21.7 Å². The molecule has 0 aromatic heterocycles. The monoisotopic (exact) mass is 358 g/mol. The van der Waals surface area contributed by atoms with E-state index < -0.39 is 24.0 Å². The van der Waals surface area contributed by atoms with E-state index in [0.717, 1.165) is 11.1 Å². The van der Waals surface area contributed by atoms with E-state index >= 15 is 0 Å². The van der Waals surface area contributed by atoms with E-state index in [9.17, 15) is 9.59 Å². The second kappa shape index (κ2) is 11.8. The Kier molecular flexibility index (Phi) is 9.67. The first-order valence-corrected chi connectivity index (χ1v) is 8.44. The Morgan fingerprint density at radius 3 is 1.27 bits per heavy atom. The quantitative estimate of drug-likeness (QED) is 0.572. The van der Waals surface area contributed by atoms with Gasteiger partial charge in [-0.25, -0.2) is 0 Å². The Morgan fingerprint density at radius 2 is 1.00 bits per heavy atom. The maximum atomic E-state index is 10.4. The number of carboxylic acids is 2. The first-order valence-electron chi connectivity index (χ1n) is 8.44. The van der Waals surface area contributed by atoms with Gasteiger partial charge in [0.2, 0.25) is 0 Å². The molecule has 0 aliphatic rings. The van der Waals surface area contributed by atoms with Crippen molar-refractivity contribution in [2.45, 2.75) is 37.8 Å². The van der Waals surface area contributed by atoms with Crippen LogP contribution in [0.5, 0.6) is 0 Å². The molecule has 0 aliphatic heterocycles. The number of carboxylic acid groups (broad SMARTS) is 2. The van der Waals surface area contributed by atoms with E-state index in [-0.39, 0.29) is 0 Å². The molecule has 26 heavy (non-hydrogen) atoms. The van der Waals surface area contributed by atoms with Gasteiger partial charge in [0.25, 0.3) is 0 Å². The largest absolute Gasteiger partial charge is 0.480 e. The average Bonchev–Trinajstić information content (AvgIpc) is 2.66. The Morgan fingerprint density at radius 1 is 0.692 bits per heavy atom. The fourth-order valence-electron chi connectivity index (χ4n) is 2.18. The number of carbonyl (C=O) groups is 2. The molecule has 0 radical (unpaired) electrons. The van der Waals surface area contributed by atoms with Gasteiger partial charge in [-0.2, -0.15) is 0 Å². The van der Waals surface area contributed by atoms with Crippen molar-refractivity contribution in [2.75, 3.05) is 0 Å². The summed E-state index contributed by atoms with van der Waals surface area (Å²) in [6.07, 6.45) is 2.40. The molecule has 0 fully saturated rings. The molecule has 2 atom stereocenters. The molecule has 0 aliphatic carbocycles. The smallest absolute Gasteiger partial charge is 0.320 e. The molecule has 6 N–H and O–H groups in total. The maximum Gasteiger partial charge on any atom is 0.320 e. The number of hydrogen-bond acceptors (Lipinski definition) is 4. The molecule has 0 bridgehead atoms. The predicted octanol–water partition coefficient (Wildman–Crippen LogP) is 2.06. The van der Waals surface area contributed by atoms with Crippen LogP contribution in [0.15, 0.2) is 60.7 Å². The molecular weight excluding hydrogens is 332 g/mol. The van der Waals surface area contributed by atoms with Gasteiger partial charge in [-0.3, -0.25) is 9.59 Å². The van der Waals surface area contributed by atoms with Gasteiger partial charge in [-0.1, -0.05) is 60.7 Å². The van der Waals surface area contributed by atoms with Crippen LogP contribution in [0.2, 0.25) is 0 Å². The lowest BCUT2D eigenvalue weighted by Gasteiger charge is -2.05. The van der Waals surface area contributed by atoms with Crippen LogP contribution in [0.3, 0.4) is 0 Å². The van der Waals surface area contributed by atoms with E-state index in [1.807, 2.05) is 60.7 Å². The zero-order valence-corrected chi connectivity index (χ0v) is 14.6. The summed E-state index contributed by atoms with van der Waals surface area (Å²) in [5.41, 5.74) is 13.0. The molecule has 0 saturated carbocycles. The van der Waals surface area contributed by atoms with Crippen molar-refractivity contribution in [3.05, 3.63) is 71.8 Å². The van der Waals surface area contributed by atoms with Gasteiger partial charge in [-0.05, 0) is 36.8 Å². The number of aryl methyl sites for hydroxylation is 2. The van der Waals surface area contributed by atoms with Crippen molar-refractivity contribution in [2.24, 2.45) is 11.5 Å². The van der Waals surface area contributed by atoms with Gasteiger partial charge < -0.3 is 21.7 Å². The highest BCUT2D eigenvalue weighted by Crippen LogP contribution is 2.04.